The molecule has 0 spiro atoms. The summed E-state index contributed by atoms with van der Waals surface area (Å²) in [5.41, 5.74) is 1.24. The highest BCUT2D eigenvalue weighted by molar-refractivity contribution is 7.80. The zero-order valence-electron chi connectivity index (χ0n) is 16.8. The fraction of sp³-hybridized carbons (Fsp3) is 0.0455. The van der Waals surface area contributed by atoms with Gasteiger partial charge < -0.3 is 4.42 Å². The number of halogens is 2. The summed E-state index contributed by atoms with van der Waals surface area (Å²) >= 11 is 17.5. The van der Waals surface area contributed by atoms with Crippen LogP contribution in [0, 0.1) is 17.0 Å². The monoisotopic (exact) mass is 501 g/mol. The van der Waals surface area contributed by atoms with Gasteiger partial charge in [-0.1, -0.05) is 29.3 Å². The third-order valence-corrected chi connectivity index (χ3v) is 5.97. The summed E-state index contributed by atoms with van der Waals surface area (Å²) in [7, 11) is 0. The van der Waals surface area contributed by atoms with Crippen LogP contribution < -0.4 is 10.2 Å². The first kappa shape index (κ1) is 22.7. The van der Waals surface area contributed by atoms with E-state index >= 15 is 0 Å². The molecule has 1 aromatic heterocycles. The van der Waals surface area contributed by atoms with E-state index in [-0.39, 0.29) is 37.9 Å². The number of nitrogens with one attached hydrogen (secondary N) is 1. The molecule has 0 saturated carbocycles. The van der Waals surface area contributed by atoms with E-state index in [1.165, 1.54) is 18.2 Å². The van der Waals surface area contributed by atoms with Crippen LogP contribution in [0.25, 0.3) is 17.4 Å². The van der Waals surface area contributed by atoms with Gasteiger partial charge in [0.05, 0.1) is 20.7 Å². The van der Waals surface area contributed by atoms with Gasteiger partial charge in [-0.15, -0.1) is 0 Å². The number of hydrogen-bond acceptors (Lipinski definition) is 6. The largest absolute Gasteiger partial charge is 0.457 e. The summed E-state index contributed by atoms with van der Waals surface area (Å²) in [6.45, 7) is 1.72. The van der Waals surface area contributed by atoms with Crippen molar-refractivity contribution in [1.29, 1.82) is 0 Å². The van der Waals surface area contributed by atoms with E-state index in [0.717, 1.165) is 4.90 Å². The first-order valence-corrected chi connectivity index (χ1v) is 10.5. The Balaban J connectivity index is 1.69. The molecule has 1 fully saturated rings. The van der Waals surface area contributed by atoms with E-state index in [2.05, 4.69) is 5.32 Å². The fourth-order valence-corrected chi connectivity index (χ4v) is 3.95. The Morgan fingerprint density at radius 3 is 2.61 bits per heavy atom. The molecule has 1 saturated heterocycles. The number of nitro benzene ring substituents is 1. The molecule has 2 amide bonds. The lowest BCUT2D eigenvalue weighted by molar-refractivity contribution is -0.384. The maximum atomic E-state index is 13.1. The predicted molar refractivity (Wildman–Crippen MR) is 128 cm³/mol. The Bertz CT molecular complexity index is 1380. The molecule has 0 atom stereocenters. The number of thiocarbonyl (C=S) groups is 1. The normalized spacial score (nSPS) is 15.2. The fourth-order valence-electron chi connectivity index (χ4n) is 3.30. The van der Waals surface area contributed by atoms with Crippen molar-refractivity contribution in [1.82, 2.24) is 5.32 Å². The molecule has 1 aliphatic heterocycles. The number of aryl methyl sites for hydroxylation is 1. The number of nitrogens with zero attached hydrogens (tertiary/aromatic N) is 2. The first-order valence-electron chi connectivity index (χ1n) is 9.38. The number of carbonyl (C=O) groups excluding carboxylic acids is 2. The number of carbonyl (C=O) groups is 2. The van der Waals surface area contributed by atoms with Crippen LogP contribution in [0.2, 0.25) is 10.0 Å². The topological polar surface area (TPSA) is 106 Å². The first-order chi connectivity index (χ1) is 15.7. The molecule has 0 radical (unpaired) electrons. The van der Waals surface area contributed by atoms with Crippen molar-refractivity contribution >= 4 is 69.8 Å². The quantitative estimate of drug-likeness (QED) is 0.171. The Morgan fingerprint density at radius 1 is 1.15 bits per heavy atom. The van der Waals surface area contributed by atoms with Gasteiger partial charge in [-0.2, -0.15) is 0 Å². The highest BCUT2D eigenvalue weighted by atomic mass is 35.5. The minimum Gasteiger partial charge on any atom is -0.457 e. The van der Waals surface area contributed by atoms with Crippen molar-refractivity contribution < 1.29 is 18.9 Å². The molecular formula is C22H13Cl2N3O5S. The van der Waals surface area contributed by atoms with Gasteiger partial charge in [-0.25, -0.2) is 0 Å². The maximum absolute atomic E-state index is 13.1. The van der Waals surface area contributed by atoms with Gasteiger partial charge in [0, 0.05) is 17.7 Å². The van der Waals surface area contributed by atoms with Crippen molar-refractivity contribution in [3.05, 3.63) is 85.6 Å². The molecule has 2 heterocycles. The number of non-ortho nitro benzene ring substituents is 1. The summed E-state index contributed by atoms with van der Waals surface area (Å²) in [6, 6.07) is 12.3. The minimum absolute atomic E-state index is 0.0367. The molecular weight excluding hydrogens is 489 g/mol. The van der Waals surface area contributed by atoms with Crippen LogP contribution >= 0.6 is 35.4 Å². The summed E-state index contributed by atoms with van der Waals surface area (Å²) in [6.07, 6.45) is 1.29. The maximum Gasteiger partial charge on any atom is 0.270 e. The second-order valence-electron chi connectivity index (χ2n) is 6.99. The third-order valence-electron chi connectivity index (χ3n) is 4.87. The summed E-state index contributed by atoms with van der Waals surface area (Å²) in [5, 5.41) is 13.6. The van der Waals surface area contributed by atoms with E-state index in [4.69, 9.17) is 39.8 Å². The standard InChI is InChI=1S/C22H13Cl2N3O5S/c1-11-9-12(27(30)31)5-7-14(11)18-8-6-13(32-18)10-15-20(28)25-22(33)26(21(15)29)17-4-2-3-16(23)19(17)24/h2-10H,1H3,(H,25,28,33). The van der Waals surface area contributed by atoms with Gasteiger partial charge in [-0.3, -0.25) is 29.9 Å². The smallest absolute Gasteiger partial charge is 0.270 e. The second kappa shape index (κ2) is 8.78. The number of hydrogen-bond donors (Lipinski definition) is 1. The van der Waals surface area contributed by atoms with Crippen LogP contribution in [0.15, 0.2) is 58.5 Å². The number of amides is 2. The number of benzene rings is 2. The lowest BCUT2D eigenvalue weighted by atomic mass is 10.1. The van der Waals surface area contributed by atoms with Crippen LogP contribution in [-0.2, 0) is 9.59 Å². The van der Waals surface area contributed by atoms with Crippen LogP contribution in [0.3, 0.4) is 0 Å². The van der Waals surface area contributed by atoms with Crippen LogP contribution in [0.5, 0.6) is 0 Å². The molecule has 166 valence electrons. The number of rotatable bonds is 4. The zero-order valence-corrected chi connectivity index (χ0v) is 19.1. The highest BCUT2D eigenvalue weighted by Crippen LogP contribution is 2.35. The van der Waals surface area contributed by atoms with E-state index in [1.807, 2.05) is 0 Å². The van der Waals surface area contributed by atoms with Gasteiger partial charge in [0.25, 0.3) is 17.5 Å². The summed E-state index contributed by atoms with van der Waals surface area (Å²) in [5.74, 6) is -0.740. The Kier molecular flexibility index (Phi) is 6.03. The van der Waals surface area contributed by atoms with Crippen molar-refractivity contribution in [3.8, 4) is 11.3 Å². The second-order valence-corrected chi connectivity index (χ2v) is 8.16. The molecule has 0 bridgehead atoms. The summed E-state index contributed by atoms with van der Waals surface area (Å²) in [4.78, 5) is 37.2. The molecule has 2 aromatic carbocycles. The van der Waals surface area contributed by atoms with Crippen LogP contribution in [0.4, 0.5) is 11.4 Å². The molecule has 0 unspecified atom stereocenters. The molecule has 0 aliphatic carbocycles. The molecule has 4 rings (SSSR count). The lowest BCUT2D eigenvalue weighted by Crippen LogP contribution is -2.54. The van der Waals surface area contributed by atoms with Gasteiger partial charge in [-0.05, 0) is 61.1 Å². The van der Waals surface area contributed by atoms with E-state index < -0.39 is 16.7 Å². The average Bonchev–Trinajstić information content (AvgIpc) is 3.22. The number of anilines is 1. The highest BCUT2D eigenvalue weighted by Gasteiger charge is 2.36. The molecule has 1 N–H and O–H groups in total. The summed E-state index contributed by atoms with van der Waals surface area (Å²) < 4.78 is 5.78. The van der Waals surface area contributed by atoms with Crippen LogP contribution in [-0.4, -0.2) is 21.9 Å². The van der Waals surface area contributed by atoms with Crippen molar-refractivity contribution in [2.75, 3.05) is 4.90 Å². The van der Waals surface area contributed by atoms with Gasteiger partial charge in [0.2, 0.25) is 0 Å². The lowest BCUT2D eigenvalue weighted by Gasteiger charge is -2.29. The SMILES string of the molecule is Cc1cc([N+](=O)[O-])ccc1-c1ccc(C=C2C(=O)NC(=S)N(c3cccc(Cl)c3Cl)C2=O)o1. The number of furan rings is 1. The molecule has 3 aromatic rings. The Labute approximate surface area is 202 Å². The van der Waals surface area contributed by atoms with Gasteiger partial charge >= 0.3 is 0 Å². The molecule has 11 heteroatoms. The van der Waals surface area contributed by atoms with Gasteiger partial charge in [0.1, 0.15) is 17.1 Å². The molecule has 8 nitrogen and oxygen atoms in total. The van der Waals surface area contributed by atoms with Crippen molar-refractivity contribution in [2.24, 2.45) is 0 Å². The number of nitro groups is 1. The van der Waals surface area contributed by atoms with Gasteiger partial charge in [0.15, 0.2) is 5.11 Å². The van der Waals surface area contributed by atoms with E-state index in [9.17, 15) is 19.7 Å². The predicted octanol–water partition coefficient (Wildman–Crippen LogP) is 5.30. The Hall–Kier alpha value is -3.53. The van der Waals surface area contributed by atoms with E-state index in [0.29, 0.717) is 16.9 Å². The van der Waals surface area contributed by atoms with Crippen molar-refractivity contribution in [2.45, 2.75) is 6.92 Å². The molecule has 33 heavy (non-hydrogen) atoms. The minimum atomic E-state index is -0.697. The Morgan fingerprint density at radius 2 is 1.91 bits per heavy atom. The van der Waals surface area contributed by atoms with Crippen molar-refractivity contribution in [3.63, 3.8) is 0 Å². The van der Waals surface area contributed by atoms with E-state index in [1.54, 1.807) is 43.3 Å². The average molecular weight is 502 g/mol. The zero-order chi connectivity index (χ0) is 23.9. The molecule has 1 aliphatic rings. The van der Waals surface area contributed by atoms with Crippen LogP contribution in [0.1, 0.15) is 11.3 Å². The third kappa shape index (κ3) is 4.25.